The third kappa shape index (κ3) is 3.43. The van der Waals surface area contributed by atoms with Gasteiger partial charge in [0, 0.05) is 36.8 Å². The highest BCUT2D eigenvalue weighted by molar-refractivity contribution is 7.99. The largest absolute Gasteiger partial charge is 0.419 e. The lowest BCUT2D eigenvalue weighted by atomic mass is 10.2. The van der Waals surface area contributed by atoms with Crippen molar-refractivity contribution in [1.29, 1.82) is 0 Å². The smallest absolute Gasteiger partial charge is 0.408 e. The van der Waals surface area contributed by atoms with Crippen LogP contribution in [-0.4, -0.2) is 30.1 Å². The summed E-state index contributed by atoms with van der Waals surface area (Å²) in [5, 5.41) is 9.41. The van der Waals surface area contributed by atoms with Gasteiger partial charge >= 0.3 is 5.76 Å². The van der Waals surface area contributed by atoms with Crippen LogP contribution in [0.25, 0.3) is 22.5 Å². The molecule has 0 fully saturated rings. The quantitative estimate of drug-likeness (QED) is 0.362. The monoisotopic (exact) mass is 379 g/mol. The second kappa shape index (κ2) is 7.63. The Morgan fingerprint density at radius 1 is 1.11 bits per heavy atom. The van der Waals surface area contributed by atoms with E-state index in [-0.39, 0.29) is 5.76 Å². The molecule has 0 radical (unpaired) electrons. The Bertz CT molecular complexity index is 1130. The molecule has 3 aromatic heterocycles. The average molecular weight is 379 g/mol. The van der Waals surface area contributed by atoms with E-state index in [1.807, 2.05) is 41.0 Å². The van der Waals surface area contributed by atoms with Gasteiger partial charge in [-0.2, -0.15) is 0 Å². The van der Waals surface area contributed by atoms with Crippen molar-refractivity contribution in [3.05, 3.63) is 72.0 Å². The third-order valence-electron chi connectivity index (χ3n) is 4.09. The number of hydrogen-bond donors (Lipinski definition) is 0. The number of pyridine rings is 1. The molecule has 0 spiro atoms. The highest BCUT2D eigenvalue weighted by Gasteiger charge is 2.14. The number of allylic oxidation sites excluding steroid dienone is 1. The predicted octanol–water partition coefficient (Wildman–Crippen LogP) is 3.23. The zero-order valence-electron chi connectivity index (χ0n) is 14.5. The molecule has 4 aromatic rings. The van der Waals surface area contributed by atoms with E-state index in [1.165, 1.54) is 0 Å². The summed E-state index contributed by atoms with van der Waals surface area (Å²) in [6.45, 7) is 4.94. The van der Waals surface area contributed by atoms with Crippen molar-refractivity contribution in [2.45, 2.75) is 18.2 Å². The molecule has 1 aromatic carbocycles. The summed E-state index contributed by atoms with van der Waals surface area (Å²) in [4.78, 5) is 16.1. The molecule has 0 amide bonds. The Morgan fingerprint density at radius 2 is 1.93 bits per heavy atom. The summed E-state index contributed by atoms with van der Waals surface area (Å²) in [5.41, 5.74) is 2.35. The van der Waals surface area contributed by atoms with E-state index in [2.05, 4.69) is 21.8 Å². The Hall–Kier alpha value is -3.13. The third-order valence-corrected chi connectivity index (χ3v) is 5.03. The molecular weight excluding hydrogens is 362 g/mol. The summed E-state index contributed by atoms with van der Waals surface area (Å²) in [5.74, 6) is 1.09. The van der Waals surface area contributed by atoms with Gasteiger partial charge in [-0.05, 0) is 24.3 Å². The first kappa shape index (κ1) is 17.3. The van der Waals surface area contributed by atoms with Gasteiger partial charge in [-0.15, -0.1) is 16.8 Å². The molecule has 0 saturated carbocycles. The number of oxazole rings is 1. The van der Waals surface area contributed by atoms with Crippen LogP contribution in [0, 0.1) is 0 Å². The fourth-order valence-corrected chi connectivity index (χ4v) is 3.73. The number of thioether (sulfide) groups is 1. The molecular formula is C19H17N5O2S. The number of nitrogens with zero attached hydrogens (tertiary/aromatic N) is 5. The van der Waals surface area contributed by atoms with Gasteiger partial charge in [-0.3, -0.25) is 14.1 Å². The second-order valence-electron chi connectivity index (χ2n) is 5.78. The van der Waals surface area contributed by atoms with Gasteiger partial charge in [0.15, 0.2) is 16.6 Å². The summed E-state index contributed by atoms with van der Waals surface area (Å²) in [6.07, 6.45) is 5.27. The molecule has 27 heavy (non-hydrogen) atoms. The van der Waals surface area contributed by atoms with Crippen molar-refractivity contribution in [2.24, 2.45) is 0 Å². The van der Waals surface area contributed by atoms with Crippen molar-refractivity contribution in [2.75, 3.05) is 5.75 Å². The Balaban J connectivity index is 1.54. The molecule has 0 aliphatic carbocycles. The van der Waals surface area contributed by atoms with Crippen LogP contribution in [-0.2, 0) is 13.1 Å². The minimum Gasteiger partial charge on any atom is -0.408 e. The fraction of sp³-hybridized carbons (Fsp3) is 0.158. The number of aryl methyl sites for hydroxylation is 1. The number of aromatic nitrogens is 5. The predicted molar refractivity (Wildman–Crippen MR) is 105 cm³/mol. The Morgan fingerprint density at radius 3 is 2.74 bits per heavy atom. The summed E-state index contributed by atoms with van der Waals surface area (Å²) < 4.78 is 8.91. The minimum atomic E-state index is -0.346. The second-order valence-corrected chi connectivity index (χ2v) is 6.84. The zero-order chi connectivity index (χ0) is 18.6. The van der Waals surface area contributed by atoms with E-state index in [4.69, 9.17) is 4.42 Å². The van der Waals surface area contributed by atoms with E-state index in [9.17, 15) is 4.79 Å². The lowest BCUT2D eigenvalue weighted by Crippen LogP contribution is -2.15. The molecule has 136 valence electrons. The van der Waals surface area contributed by atoms with Crippen LogP contribution in [0.3, 0.4) is 0 Å². The van der Waals surface area contributed by atoms with Gasteiger partial charge in [0.1, 0.15) is 0 Å². The first-order valence-corrected chi connectivity index (χ1v) is 9.42. The minimum absolute atomic E-state index is 0.346. The first-order valence-electron chi connectivity index (χ1n) is 8.43. The first-order chi connectivity index (χ1) is 13.3. The van der Waals surface area contributed by atoms with Crippen molar-refractivity contribution in [3.63, 3.8) is 0 Å². The van der Waals surface area contributed by atoms with E-state index >= 15 is 0 Å². The van der Waals surface area contributed by atoms with Crippen molar-refractivity contribution >= 4 is 22.9 Å². The van der Waals surface area contributed by atoms with Crippen LogP contribution < -0.4 is 5.76 Å². The maximum atomic E-state index is 12.1. The number of benzene rings is 1. The molecule has 0 saturated heterocycles. The van der Waals surface area contributed by atoms with Crippen LogP contribution in [0.4, 0.5) is 0 Å². The number of fused-ring (bicyclic) bond motifs is 1. The van der Waals surface area contributed by atoms with E-state index < -0.39 is 0 Å². The molecule has 0 bridgehead atoms. The van der Waals surface area contributed by atoms with Crippen LogP contribution in [0.1, 0.15) is 0 Å². The van der Waals surface area contributed by atoms with E-state index in [1.54, 1.807) is 34.8 Å². The highest BCUT2D eigenvalue weighted by Crippen LogP contribution is 2.24. The van der Waals surface area contributed by atoms with Gasteiger partial charge in [-0.25, -0.2) is 4.79 Å². The van der Waals surface area contributed by atoms with Gasteiger partial charge in [0.25, 0.3) is 0 Å². The molecule has 0 atom stereocenters. The summed E-state index contributed by atoms with van der Waals surface area (Å²) in [7, 11) is 0. The molecule has 3 heterocycles. The molecule has 0 unspecified atom stereocenters. The number of para-hydroxylation sites is 2. The molecule has 4 rings (SSSR count). The maximum absolute atomic E-state index is 12.1. The van der Waals surface area contributed by atoms with E-state index in [0.29, 0.717) is 24.4 Å². The number of rotatable bonds is 7. The van der Waals surface area contributed by atoms with E-state index in [0.717, 1.165) is 22.1 Å². The van der Waals surface area contributed by atoms with Crippen LogP contribution in [0.5, 0.6) is 0 Å². The summed E-state index contributed by atoms with van der Waals surface area (Å²) in [6, 6.07) is 11.2. The van der Waals surface area contributed by atoms with Crippen LogP contribution in [0.15, 0.2) is 75.8 Å². The lowest BCUT2D eigenvalue weighted by Gasteiger charge is -2.07. The van der Waals surface area contributed by atoms with Gasteiger partial charge in [0.2, 0.25) is 0 Å². The molecule has 8 heteroatoms. The normalized spacial score (nSPS) is 11.1. The van der Waals surface area contributed by atoms with Crippen molar-refractivity contribution < 1.29 is 4.42 Å². The Kier molecular flexibility index (Phi) is 4.88. The highest BCUT2D eigenvalue weighted by atomic mass is 32.2. The molecule has 0 aliphatic heterocycles. The summed E-state index contributed by atoms with van der Waals surface area (Å²) >= 11 is 1.54. The zero-order valence-corrected chi connectivity index (χ0v) is 15.3. The topological polar surface area (TPSA) is 78.7 Å². The molecule has 7 nitrogen and oxygen atoms in total. The van der Waals surface area contributed by atoms with Crippen LogP contribution >= 0.6 is 11.8 Å². The average Bonchev–Trinajstić information content (AvgIpc) is 3.24. The Labute approximate surface area is 159 Å². The van der Waals surface area contributed by atoms with Crippen molar-refractivity contribution in [1.82, 2.24) is 24.3 Å². The lowest BCUT2D eigenvalue weighted by molar-refractivity contribution is 0.514. The molecule has 0 aliphatic rings. The molecule has 0 N–H and O–H groups in total. The fourth-order valence-electron chi connectivity index (χ4n) is 2.86. The van der Waals surface area contributed by atoms with Crippen molar-refractivity contribution in [3.8, 4) is 11.4 Å². The standard InChI is InChI=1S/C19H17N5O2S/c1-2-11-24-17(14-7-9-20-10-8-14)21-22-18(24)27-13-12-23-15-5-3-4-6-16(15)26-19(23)25/h2-10H,1,11-13H2. The maximum Gasteiger partial charge on any atom is 0.419 e. The van der Waals surface area contributed by atoms with Gasteiger partial charge in [-0.1, -0.05) is 30.0 Å². The van der Waals surface area contributed by atoms with Gasteiger partial charge < -0.3 is 4.42 Å². The van der Waals surface area contributed by atoms with Gasteiger partial charge in [0.05, 0.1) is 5.52 Å². The SMILES string of the molecule is C=CCn1c(SCCn2c(=O)oc3ccccc32)nnc1-c1ccncc1. The number of hydrogen-bond acceptors (Lipinski definition) is 6. The van der Waals surface area contributed by atoms with Crippen LogP contribution in [0.2, 0.25) is 0 Å².